The van der Waals surface area contributed by atoms with Crippen molar-refractivity contribution in [1.82, 2.24) is 5.32 Å². The van der Waals surface area contributed by atoms with Gasteiger partial charge in [0.05, 0.1) is 6.10 Å². The zero-order valence-electron chi connectivity index (χ0n) is 12.5. The first-order valence-corrected chi connectivity index (χ1v) is 7.65. The first-order chi connectivity index (χ1) is 9.24. The predicted octanol–water partition coefficient (Wildman–Crippen LogP) is 3.33. The van der Waals surface area contributed by atoms with E-state index in [1.54, 1.807) is 0 Å². The van der Waals surface area contributed by atoms with Gasteiger partial charge in [-0.15, -0.1) is 0 Å². The van der Waals surface area contributed by atoms with Gasteiger partial charge in [-0.3, -0.25) is 0 Å². The molecule has 1 aromatic carbocycles. The van der Waals surface area contributed by atoms with Crippen LogP contribution in [0.5, 0.6) is 0 Å². The second-order valence-corrected chi connectivity index (χ2v) is 5.61. The van der Waals surface area contributed by atoms with Gasteiger partial charge in [-0.2, -0.15) is 0 Å². The van der Waals surface area contributed by atoms with Gasteiger partial charge in [0.15, 0.2) is 0 Å². The van der Waals surface area contributed by atoms with E-state index in [0.29, 0.717) is 12.1 Å². The Bertz CT molecular complexity index is 387. The molecule has 1 N–H and O–H groups in total. The smallest absolute Gasteiger partial charge is 0.0759 e. The van der Waals surface area contributed by atoms with E-state index in [0.717, 1.165) is 25.5 Å². The molecule has 0 saturated heterocycles. The van der Waals surface area contributed by atoms with Gasteiger partial charge < -0.3 is 10.1 Å². The maximum absolute atomic E-state index is 6.02. The molecule has 0 aliphatic heterocycles. The molecule has 0 spiro atoms. The summed E-state index contributed by atoms with van der Waals surface area (Å²) in [6.07, 6.45) is 4.11. The zero-order chi connectivity index (χ0) is 13.7. The van der Waals surface area contributed by atoms with Crippen LogP contribution in [-0.4, -0.2) is 25.3 Å². The van der Waals surface area contributed by atoms with Crippen molar-refractivity contribution in [2.75, 3.05) is 13.2 Å². The van der Waals surface area contributed by atoms with E-state index >= 15 is 0 Å². The maximum atomic E-state index is 6.02. The van der Waals surface area contributed by atoms with E-state index < -0.39 is 0 Å². The molecule has 2 heteroatoms. The molecule has 19 heavy (non-hydrogen) atoms. The molecule has 0 aromatic heterocycles. The molecule has 1 aromatic rings. The third kappa shape index (κ3) is 4.32. The molecule has 1 aliphatic rings. The van der Waals surface area contributed by atoms with E-state index in [1.165, 1.54) is 24.0 Å². The number of benzene rings is 1. The lowest BCUT2D eigenvalue weighted by Gasteiger charge is -2.28. The molecular weight excluding hydrogens is 234 g/mol. The Morgan fingerprint density at radius 1 is 1.32 bits per heavy atom. The van der Waals surface area contributed by atoms with E-state index in [1.807, 2.05) is 0 Å². The number of ether oxygens (including phenoxy) is 1. The zero-order valence-corrected chi connectivity index (χ0v) is 12.5. The van der Waals surface area contributed by atoms with Crippen LogP contribution in [-0.2, 0) is 11.2 Å². The van der Waals surface area contributed by atoms with E-state index in [2.05, 4.69) is 50.4 Å². The highest BCUT2D eigenvalue weighted by molar-refractivity contribution is 5.23. The first kappa shape index (κ1) is 14.5. The lowest BCUT2D eigenvalue weighted by molar-refractivity contribution is 0.0196. The molecule has 0 bridgehead atoms. The van der Waals surface area contributed by atoms with Crippen molar-refractivity contribution >= 4 is 0 Å². The van der Waals surface area contributed by atoms with E-state index in [4.69, 9.17) is 4.74 Å². The molecular formula is C17H27NO. The molecule has 2 unspecified atom stereocenters. The second-order valence-electron chi connectivity index (χ2n) is 5.61. The Labute approximate surface area is 117 Å². The van der Waals surface area contributed by atoms with Crippen LogP contribution in [0.3, 0.4) is 0 Å². The Kier molecular flexibility index (Phi) is 5.41. The maximum Gasteiger partial charge on any atom is 0.0759 e. The standard InChI is InChI=1S/C17H27NO/c1-4-18-16(17(19-5-2)15-9-10-15)12-14-8-6-7-13(3)11-14/h6-8,11,15-18H,4-5,9-10,12H2,1-3H3. The van der Waals surface area contributed by atoms with Crippen molar-refractivity contribution in [3.8, 4) is 0 Å². The summed E-state index contributed by atoms with van der Waals surface area (Å²) in [7, 11) is 0. The normalized spacial score (nSPS) is 18.3. The van der Waals surface area contributed by atoms with Crippen molar-refractivity contribution < 1.29 is 4.74 Å². The van der Waals surface area contributed by atoms with Gasteiger partial charge in [0.2, 0.25) is 0 Å². The molecule has 1 saturated carbocycles. The fourth-order valence-electron chi connectivity index (χ4n) is 2.86. The van der Waals surface area contributed by atoms with Crippen molar-refractivity contribution in [1.29, 1.82) is 0 Å². The molecule has 0 heterocycles. The highest BCUT2D eigenvalue weighted by Crippen LogP contribution is 2.36. The Morgan fingerprint density at radius 2 is 2.11 bits per heavy atom. The minimum Gasteiger partial charge on any atom is -0.377 e. The molecule has 1 fully saturated rings. The third-order valence-electron chi connectivity index (χ3n) is 3.85. The highest BCUT2D eigenvalue weighted by atomic mass is 16.5. The summed E-state index contributed by atoms with van der Waals surface area (Å²) in [4.78, 5) is 0. The molecule has 106 valence electrons. The first-order valence-electron chi connectivity index (χ1n) is 7.65. The Morgan fingerprint density at radius 3 is 2.68 bits per heavy atom. The molecule has 0 amide bonds. The average molecular weight is 261 g/mol. The van der Waals surface area contributed by atoms with Crippen molar-refractivity contribution in [3.63, 3.8) is 0 Å². The van der Waals surface area contributed by atoms with Crippen LogP contribution >= 0.6 is 0 Å². The van der Waals surface area contributed by atoms with Crippen LogP contribution in [0.1, 0.15) is 37.8 Å². The van der Waals surface area contributed by atoms with Gasteiger partial charge in [0.25, 0.3) is 0 Å². The lowest BCUT2D eigenvalue weighted by Crippen LogP contribution is -2.44. The van der Waals surface area contributed by atoms with Gasteiger partial charge in [-0.25, -0.2) is 0 Å². The number of aryl methyl sites for hydroxylation is 1. The van der Waals surface area contributed by atoms with Crippen LogP contribution in [0, 0.1) is 12.8 Å². The highest BCUT2D eigenvalue weighted by Gasteiger charge is 2.36. The van der Waals surface area contributed by atoms with Crippen LogP contribution in [0.2, 0.25) is 0 Å². The van der Waals surface area contributed by atoms with Gasteiger partial charge >= 0.3 is 0 Å². The summed E-state index contributed by atoms with van der Waals surface area (Å²) in [5.41, 5.74) is 2.75. The van der Waals surface area contributed by atoms with E-state index in [9.17, 15) is 0 Å². The van der Waals surface area contributed by atoms with Gasteiger partial charge in [0.1, 0.15) is 0 Å². The predicted molar refractivity (Wildman–Crippen MR) is 80.5 cm³/mol. The number of hydrogen-bond acceptors (Lipinski definition) is 2. The van der Waals surface area contributed by atoms with Crippen LogP contribution in [0.4, 0.5) is 0 Å². The molecule has 1 aliphatic carbocycles. The fraction of sp³-hybridized carbons (Fsp3) is 0.647. The summed E-state index contributed by atoms with van der Waals surface area (Å²) in [5.74, 6) is 0.772. The topological polar surface area (TPSA) is 21.3 Å². The van der Waals surface area contributed by atoms with Crippen molar-refractivity contribution in [2.45, 2.75) is 52.2 Å². The average Bonchev–Trinajstić information content (AvgIpc) is 3.20. The molecule has 2 nitrogen and oxygen atoms in total. The molecule has 0 radical (unpaired) electrons. The fourth-order valence-corrected chi connectivity index (χ4v) is 2.86. The molecule has 2 atom stereocenters. The van der Waals surface area contributed by atoms with Crippen LogP contribution < -0.4 is 5.32 Å². The van der Waals surface area contributed by atoms with Crippen molar-refractivity contribution in [2.24, 2.45) is 5.92 Å². The monoisotopic (exact) mass is 261 g/mol. The van der Waals surface area contributed by atoms with Crippen LogP contribution in [0.25, 0.3) is 0 Å². The third-order valence-corrected chi connectivity index (χ3v) is 3.85. The summed E-state index contributed by atoms with van der Waals surface area (Å²) in [6, 6.07) is 9.28. The van der Waals surface area contributed by atoms with Gasteiger partial charge in [0, 0.05) is 12.6 Å². The van der Waals surface area contributed by atoms with Crippen molar-refractivity contribution in [3.05, 3.63) is 35.4 Å². The van der Waals surface area contributed by atoms with E-state index in [-0.39, 0.29) is 0 Å². The summed E-state index contributed by atoms with van der Waals surface area (Å²) >= 11 is 0. The number of hydrogen-bond donors (Lipinski definition) is 1. The number of rotatable bonds is 8. The number of likely N-dealkylation sites (N-methyl/N-ethyl adjacent to an activating group) is 1. The van der Waals surface area contributed by atoms with Gasteiger partial charge in [-0.05, 0) is 51.1 Å². The Balaban J connectivity index is 2.05. The summed E-state index contributed by atoms with van der Waals surface area (Å²) in [5, 5.41) is 3.63. The quantitative estimate of drug-likeness (QED) is 0.775. The molecule has 2 rings (SSSR count). The summed E-state index contributed by atoms with van der Waals surface area (Å²) in [6.45, 7) is 8.26. The summed E-state index contributed by atoms with van der Waals surface area (Å²) < 4.78 is 6.02. The second kappa shape index (κ2) is 7.06. The van der Waals surface area contributed by atoms with Gasteiger partial charge in [-0.1, -0.05) is 36.8 Å². The minimum atomic E-state index is 0.380. The largest absolute Gasteiger partial charge is 0.377 e. The minimum absolute atomic E-state index is 0.380. The number of nitrogens with one attached hydrogen (secondary N) is 1. The lowest BCUT2D eigenvalue weighted by atomic mass is 9.97. The van der Waals surface area contributed by atoms with Crippen LogP contribution in [0.15, 0.2) is 24.3 Å². The Hall–Kier alpha value is -0.860. The SMILES string of the molecule is CCNC(Cc1cccc(C)c1)C(OCC)C1CC1.